The molecule has 0 radical (unpaired) electrons. The minimum atomic E-state index is -0.0892. The molecule has 1 N–H and O–H groups in total. The average molecular weight is 501 g/mol. The number of aromatic nitrogens is 2. The number of aryl methyl sites for hydroxylation is 1. The summed E-state index contributed by atoms with van der Waals surface area (Å²) in [6.45, 7) is 8.70. The maximum Gasteiger partial charge on any atom is 0.174 e. The molecule has 2 aromatic heterocycles. The molecule has 4 nitrogen and oxygen atoms in total. The van der Waals surface area contributed by atoms with Crippen LogP contribution in [0.5, 0.6) is 0 Å². The Morgan fingerprint density at radius 2 is 1.69 bits per heavy atom. The lowest BCUT2D eigenvalue weighted by molar-refractivity contribution is 0.565. The van der Waals surface area contributed by atoms with Gasteiger partial charge < -0.3 is 14.8 Å². The van der Waals surface area contributed by atoms with Crippen molar-refractivity contribution in [2.24, 2.45) is 0 Å². The average Bonchev–Trinajstić information content (AvgIpc) is 3.35. The molecule has 1 saturated heterocycles. The van der Waals surface area contributed by atoms with E-state index in [1.54, 1.807) is 0 Å². The van der Waals surface area contributed by atoms with Gasteiger partial charge in [-0.05, 0) is 85.6 Å². The highest BCUT2D eigenvalue weighted by atomic mass is 35.5. The van der Waals surface area contributed by atoms with E-state index in [0.717, 1.165) is 33.5 Å². The lowest BCUT2D eigenvalue weighted by Crippen LogP contribution is -2.29. The molecule has 1 aliphatic heterocycles. The third-order valence-electron chi connectivity index (χ3n) is 6.82. The van der Waals surface area contributed by atoms with E-state index in [0.29, 0.717) is 11.0 Å². The summed E-state index contributed by atoms with van der Waals surface area (Å²) in [4.78, 5) is 6.92. The highest BCUT2D eigenvalue weighted by Gasteiger charge is 2.42. The van der Waals surface area contributed by atoms with Crippen molar-refractivity contribution in [3.8, 4) is 5.69 Å². The number of benzene rings is 2. The summed E-state index contributed by atoms with van der Waals surface area (Å²) < 4.78 is 2.23. The van der Waals surface area contributed by atoms with Crippen molar-refractivity contribution in [1.82, 2.24) is 14.9 Å². The minimum Gasteiger partial charge on any atom is -0.351 e. The zero-order chi connectivity index (χ0) is 24.7. The van der Waals surface area contributed by atoms with E-state index in [2.05, 4.69) is 84.9 Å². The van der Waals surface area contributed by atoms with Gasteiger partial charge >= 0.3 is 0 Å². The first-order valence-electron chi connectivity index (χ1n) is 11.9. The number of para-hydroxylation sites is 1. The Morgan fingerprint density at radius 3 is 2.34 bits per heavy atom. The number of halogens is 1. The standard InChI is InChI=1S/C29H29ClN4S/c1-18(2)21-12-14-22(15-13-21)34-28(27(32-29(34)35)25-10-7-8-16-31-25)23-17-19(3)33(20(23)4)26-11-6-5-9-24(26)30/h5-18,27-28H,1-4H3,(H,32,35)/t27-,28+/m0/s1. The molecule has 0 bridgehead atoms. The van der Waals surface area contributed by atoms with Gasteiger partial charge in [-0.25, -0.2) is 0 Å². The van der Waals surface area contributed by atoms with Crippen LogP contribution in [0.25, 0.3) is 5.69 Å². The molecule has 1 fully saturated rings. The zero-order valence-electron chi connectivity index (χ0n) is 20.4. The summed E-state index contributed by atoms with van der Waals surface area (Å²) >= 11 is 12.5. The van der Waals surface area contributed by atoms with Gasteiger partial charge in [-0.1, -0.05) is 55.8 Å². The first-order valence-corrected chi connectivity index (χ1v) is 12.7. The number of pyridine rings is 1. The van der Waals surface area contributed by atoms with Gasteiger partial charge in [-0.2, -0.15) is 0 Å². The molecule has 4 aromatic rings. The van der Waals surface area contributed by atoms with Crippen LogP contribution in [0.4, 0.5) is 5.69 Å². The van der Waals surface area contributed by atoms with Gasteiger partial charge in [0.1, 0.15) is 0 Å². The Kier molecular flexibility index (Phi) is 6.39. The maximum atomic E-state index is 6.61. The summed E-state index contributed by atoms with van der Waals surface area (Å²) in [7, 11) is 0. The van der Waals surface area contributed by atoms with Crippen LogP contribution in [0, 0.1) is 13.8 Å². The summed E-state index contributed by atoms with van der Waals surface area (Å²) in [5.41, 5.74) is 7.77. The number of hydrogen-bond acceptors (Lipinski definition) is 2. The Hall–Kier alpha value is -3.15. The molecule has 0 unspecified atom stereocenters. The molecule has 1 aliphatic rings. The second-order valence-corrected chi connectivity index (χ2v) is 10.2. The second-order valence-electron chi connectivity index (χ2n) is 9.36. The van der Waals surface area contributed by atoms with E-state index < -0.39 is 0 Å². The van der Waals surface area contributed by atoms with Crippen molar-refractivity contribution in [3.63, 3.8) is 0 Å². The van der Waals surface area contributed by atoms with Crippen molar-refractivity contribution in [1.29, 1.82) is 0 Å². The van der Waals surface area contributed by atoms with Crippen molar-refractivity contribution in [3.05, 3.63) is 112 Å². The molecule has 2 aromatic carbocycles. The quantitative estimate of drug-likeness (QED) is 0.288. The highest BCUT2D eigenvalue weighted by Crippen LogP contribution is 2.44. The topological polar surface area (TPSA) is 33.1 Å². The number of hydrogen-bond donors (Lipinski definition) is 1. The first-order chi connectivity index (χ1) is 16.9. The van der Waals surface area contributed by atoms with E-state index in [-0.39, 0.29) is 12.1 Å². The lowest BCUT2D eigenvalue weighted by Gasteiger charge is -2.28. The van der Waals surface area contributed by atoms with E-state index in [4.69, 9.17) is 28.8 Å². The van der Waals surface area contributed by atoms with Gasteiger partial charge in [0.15, 0.2) is 5.11 Å². The van der Waals surface area contributed by atoms with Crippen molar-refractivity contribution in [2.45, 2.75) is 45.7 Å². The number of nitrogens with zero attached hydrogens (tertiary/aromatic N) is 3. The van der Waals surface area contributed by atoms with Gasteiger partial charge in [-0.3, -0.25) is 4.98 Å². The Balaban J connectivity index is 1.67. The van der Waals surface area contributed by atoms with Crippen LogP contribution in [0.15, 0.2) is 79.0 Å². The third kappa shape index (κ3) is 4.24. The summed E-state index contributed by atoms with van der Waals surface area (Å²) in [6, 6.07) is 24.8. The third-order valence-corrected chi connectivity index (χ3v) is 7.45. The van der Waals surface area contributed by atoms with Crippen LogP contribution in [-0.2, 0) is 0 Å². The molecule has 3 heterocycles. The first kappa shape index (κ1) is 23.6. The maximum absolute atomic E-state index is 6.61. The van der Waals surface area contributed by atoms with E-state index >= 15 is 0 Å². The molecule has 0 spiro atoms. The lowest BCUT2D eigenvalue weighted by atomic mass is 9.96. The normalized spacial score (nSPS) is 17.8. The van der Waals surface area contributed by atoms with Crippen LogP contribution in [0.3, 0.4) is 0 Å². The number of thiocarbonyl (C=S) groups is 1. The van der Waals surface area contributed by atoms with Gasteiger partial charge in [0, 0.05) is 23.3 Å². The molecule has 2 atom stereocenters. The SMILES string of the molecule is Cc1cc([C@@H]2[C@H](c3ccccn3)NC(=S)N2c2ccc(C(C)C)cc2)c(C)n1-c1ccccc1Cl. The van der Waals surface area contributed by atoms with Gasteiger partial charge in [-0.15, -0.1) is 0 Å². The molecule has 35 heavy (non-hydrogen) atoms. The van der Waals surface area contributed by atoms with E-state index in [1.165, 1.54) is 11.1 Å². The molecular weight excluding hydrogens is 472 g/mol. The minimum absolute atomic E-state index is 0.0651. The van der Waals surface area contributed by atoms with E-state index in [9.17, 15) is 0 Å². The number of anilines is 1. The number of nitrogens with one attached hydrogen (secondary N) is 1. The van der Waals surface area contributed by atoms with Gasteiger partial charge in [0.05, 0.1) is 28.5 Å². The molecule has 5 rings (SSSR count). The van der Waals surface area contributed by atoms with E-state index in [1.807, 2.05) is 36.5 Å². The fourth-order valence-corrected chi connectivity index (χ4v) is 5.63. The number of rotatable bonds is 5. The molecule has 0 amide bonds. The van der Waals surface area contributed by atoms with Crippen molar-refractivity contribution < 1.29 is 0 Å². The van der Waals surface area contributed by atoms with Crippen molar-refractivity contribution >= 4 is 34.6 Å². The molecule has 0 aliphatic carbocycles. The highest BCUT2D eigenvalue weighted by molar-refractivity contribution is 7.80. The molecule has 178 valence electrons. The van der Waals surface area contributed by atoms with Crippen LogP contribution in [0.2, 0.25) is 5.02 Å². The van der Waals surface area contributed by atoms with Crippen LogP contribution < -0.4 is 10.2 Å². The zero-order valence-corrected chi connectivity index (χ0v) is 21.9. The Labute approximate surface area is 217 Å². The molecular formula is C29H29ClN4S. The summed E-state index contributed by atoms with van der Waals surface area (Å²) in [6.07, 6.45) is 1.84. The van der Waals surface area contributed by atoms with Crippen molar-refractivity contribution in [2.75, 3.05) is 4.90 Å². The predicted octanol–water partition coefficient (Wildman–Crippen LogP) is 7.44. The van der Waals surface area contributed by atoms with Crippen LogP contribution >= 0.6 is 23.8 Å². The Morgan fingerprint density at radius 1 is 0.971 bits per heavy atom. The fourth-order valence-electron chi connectivity index (χ4n) is 5.06. The summed E-state index contributed by atoms with van der Waals surface area (Å²) in [5, 5.41) is 5.00. The second kappa shape index (κ2) is 9.48. The Bertz CT molecular complexity index is 1360. The monoisotopic (exact) mass is 500 g/mol. The van der Waals surface area contributed by atoms with Gasteiger partial charge in [0.25, 0.3) is 0 Å². The van der Waals surface area contributed by atoms with Crippen LogP contribution in [0.1, 0.15) is 60.1 Å². The molecule has 0 saturated carbocycles. The summed E-state index contributed by atoms with van der Waals surface area (Å²) in [5.74, 6) is 0.472. The predicted molar refractivity (Wildman–Crippen MR) is 149 cm³/mol. The molecule has 6 heteroatoms. The largest absolute Gasteiger partial charge is 0.351 e. The van der Waals surface area contributed by atoms with Gasteiger partial charge in [0.2, 0.25) is 0 Å². The van der Waals surface area contributed by atoms with Crippen LogP contribution in [-0.4, -0.2) is 14.7 Å². The smallest absolute Gasteiger partial charge is 0.174 e. The fraction of sp³-hybridized carbons (Fsp3) is 0.241.